The molecule has 1 aliphatic rings. The largest absolute Gasteiger partial charge is 0.372 e. The minimum atomic E-state index is -0.718. The lowest BCUT2D eigenvalue weighted by atomic mass is 10.2. The van der Waals surface area contributed by atoms with Crippen molar-refractivity contribution in [1.82, 2.24) is 0 Å². The third kappa shape index (κ3) is 3.34. The Morgan fingerprint density at radius 3 is 2.45 bits per heavy atom. The van der Waals surface area contributed by atoms with Gasteiger partial charge in [0.05, 0.1) is 5.54 Å². The Labute approximate surface area is 117 Å². The van der Waals surface area contributed by atoms with Crippen molar-refractivity contribution in [1.29, 1.82) is 0 Å². The number of methoxy groups -OCH3 is 1. The number of carbonyl (C=O) groups excluding carboxylic acids is 2. The van der Waals surface area contributed by atoms with E-state index in [0.717, 1.165) is 0 Å². The molecule has 0 heterocycles. The van der Waals surface area contributed by atoms with E-state index in [-0.39, 0.29) is 11.8 Å². The molecule has 0 radical (unpaired) electrons. The average molecular weight is 277 g/mol. The van der Waals surface area contributed by atoms with E-state index in [4.69, 9.17) is 10.5 Å². The Morgan fingerprint density at radius 2 is 1.90 bits per heavy atom. The van der Waals surface area contributed by atoms with Gasteiger partial charge in [-0.15, -0.1) is 0 Å². The summed E-state index contributed by atoms with van der Waals surface area (Å²) in [5, 5.41) is 5.47. The lowest BCUT2D eigenvalue weighted by Gasteiger charge is -2.13. The molecule has 0 saturated heterocycles. The summed E-state index contributed by atoms with van der Waals surface area (Å²) < 4.78 is 4.93. The number of anilines is 2. The van der Waals surface area contributed by atoms with E-state index in [0.29, 0.717) is 24.2 Å². The van der Waals surface area contributed by atoms with E-state index >= 15 is 0 Å². The summed E-state index contributed by atoms with van der Waals surface area (Å²) in [6, 6.07) is 6.92. The summed E-state index contributed by atoms with van der Waals surface area (Å²) in [7, 11) is 1.47. The van der Waals surface area contributed by atoms with Gasteiger partial charge in [0, 0.05) is 18.5 Å². The van der Waals surface area contributed by atoms with E-state index in [9.17, 15) is 9.59 Å². The van der Waals surface area contributed by atoms with Crippen molar-refractivity contribution in [3.05, 3.63) is 24.3 Å². The Balaban J connectivity index is 2.00. The molecule has 1 saturated carbocycles. The number of hydrogen-bond donors (Lipinski definition) is 3. The predicted octanol–water partition coefficient (Wildman–Crippen LogP) is 1.09. The van der Waals surface area contributed by atoms with Gasteiger partial charge in [0.15, 0.2) is 0 Å². The second-order valence-corrected chi connectivity index (χ2v) is 5.06. The van der Waals surface area contributed by atoms with Crippen molar-refractivity contribution in [2.75, 3.05) is 17.7 Å². The number of hydrogen-bond acceptors (Lipinski definition) is 4. The number of amides is 2. The number of nitrogens with two attached hydrogens (primary N) is 1. The second kappa shape index (κ2) is 5.60. The third-order valence-electron chi connectivity index (χ3n) is 3.35. The Morgan fingerprint density at radius 1 is 1.30 bits per heavy atom. The number of rotatable bonds is 5. The first-order valence-electron chi connectivity index (χ1n) is 6.49. The van der Waals surface area contributed by atoms with Gasteiger partial charge in [-0.25, -0.2) is 0 Å². The van der Waals surface area contributed by atoms with Crippen LogP contribution in [0.25, 0.3) is 0 Å². The van der Waals surface area contributed by atoms with Gasteiger partial charge < -0.3 is 21.1 Å². The van der Waals surface area contributed by atoms with Crippen molar-refractivity contribution in [2.45, 2.75) is 31.4 Å². The number of nitrogens with one attached hydrogen (secondary N) is 2. The third-order valence-corrected chi connectivity index (χ3v) is 3.35. The summed E-state index contributed by atoms with van der Waals surface area (Å²) in [5.74, 6) is -0.431. The molecule has 1 fully saturated rings. The monoisotopic (exact) mass is 277 g/mol. The van der Waals surface area contributed by atoms with Crippen LogP contribution in [-0.4, -0.2) is 30.6 Å². The van der Waals surface area contributed by atoms with Crippen LogP contribution < -0.4 is 16.4 Å². The molecule has 0 spiro atoms. The fraction of sp³-hybridized carbons (Fsp3) is 0.429. The first kappa shape index (κ1) is 14.5. The van der Waals surface area contributed by atoms with E-state index in [1.165, 1.54) is 7.11 Å². The summed E-state index contributed by atoms with van der Waals surface area (Å²) in [4.78, 5) is 23.5. The van der Waals surface area contributed by atoms with Crippen molar-refractivity contribution < 1.29 is 14.3 Å². The lowest BCUT2D eigenvalue weighted by Crippen LogP contribution is -2.37. The smallest absolute Gasteiger partial charge is 0.253 e. The molecule has 6 nitrogen and oxygen atoms in total. The van der Waals surface area contributed by atoms with Crippen molar-refractivity contribution in [3.8, 4) is 0 Å². The van der Waals surface area contributed by atoms with Crippen LogP contribution in [0, 0.1) is 0 Å². The van der Waals surface area contributed by atoms with Gasteiger partial charge in [0.1, 0.15) is 6.10 Å². The lowest BCUT2D eigenvalue weighted by molar-refractivity contribution is -0.124. The van der Waals surface area contributed by atoms with Crippen LogP contribution in [0.3, 0.4) is 0 Å². The first-order chi connectivity index (χ1) is 9.44. The molecule has 2 rings (SSSR count). The molecule has 0 aromatic heterocycles. The molecule has 1 unspecified atom stereocenters. The molecule has 1 aromatic rings. The SMILES string of the molecule is COC(C)C(=O)Nc1cccc(NC(=O)C2(N)CC2)c1. The highest BCUT2D eigenvalue weighted by molar-refractivity contribution is 6.01. The highest BCUT2D eigenvalue weighted by atomic mass is 16.5. The van der Waals surface area contributed by atoms with Crippen LogP contribution in [0.5, 0.6) is 0 Å². The van der Waals surface area contributed by atoms with Gasteiger partial charge in [-0.05, 0) is 38.0 Å². The summed E-state index contributed by atoms with van der Waals surface area (Å²) in [6.45, 7) is 1.66. The minimum absolute atomic E-state index is 0.189. The Bertz CT molecular complexity index is 526. The van der Waals surface area contributed by atoms with Crippen molar-refractivity contribution in [3.63, 3.8) is 0 Å². The van der Waals surface area contributed by atoms with Gasteiger partial charge in [0.25, 0.3) is 5.91 Å². The van der Waals surface area contributed by atoms with Crippen molar-refractivity contribution >= 4 is 23.2 Å². The molecule has 1 atom stereocenters. The van der Waals surface area contributed by atoms with Crippen LogP contribution in [0.4, 0.5) is 11.4 Å². The summed E-state index contributed by atoms with van der Waals surface area (Å²) >= 11 is 0. The zero-order valence-corrected chi connectivity index (χ0v) is 11.6. The van der Waals surface area contributed by atoms with Crippen LogP contribution in [-0.2, 0) is 14.3 Å². The molecule has 2 amide bonds. The fourth-order valence-electron chi connectivity index (χ4n) is 1.64. The Kier molecular flexibility index (Phi) is 4.06. The maximum Gasteiger partial charge on any atom is 0.253 e. The standard InChI is InChI=1S/C14H19N3O3/c1-9(20-2)12(18)16-10-4-3-5-11(8-10)17-13(19)14(15)6-7-14/h3-5,8-9H,6-7,15H2,1-2H3,(H,16,18)(H,17,19). The topological polar surface area (TPSA) is 93.5 Å². The quantitative estimate of drug-likeness (QED) is 0.751. The highest BCUT2D eigenvalue weighted by Crippen LogP contribution is 2.33. The van der Waals surface area contributed by atoms with Crippen LogP contribution >= 0.6 is 0 Å². The zero-order valence-electron chi connectivity index (χ0n) is 11.6. The molecular formula is C14H19N3O3. The summed E-state index contributed by atoms with van der Waals surface area (Å²) in [6.07, 6.45) is 0.883. The van der Waals surface area contributed by atoms with Crippen LogP contribution in [0.15, 0.2) is 24.3 Å². The molecule has 1 aliphatic carbocycles. The molecule has 108 valence electrons. The van der Waals surface area contributed by atoms with E-state index in [1.807, 2.05) is 0 Å². The van der Waals surface area contributed by atoms with Crippen LogP contribution in [0.1, 0.15) is 19.8 Å². The molecule has 6 heteroatoms. The molecule has 1 aromatic carbocycles. The number of carbonyl (C=O) groups is 2. The maximum atomic E-state index is 11.8. The number of ether oxygens (including phenoxy) is 1. The zero-order chi connectivity index (χ0) is 14.8. The predicted molar refractivity (Wildman–Crippen MR) is 76.3 cm³/mol. The molecule has 0 aliphatic heterocycles. The van der Waals surface area contributed by atoms with E-state index < -0.39 is 11.6 Å². The van der Waals surface area contributed by atoms with Gasteiger partial charge in [-0.2, -0.15) is 0 Å². The molecule has 20 heavy (non-hydrogen) atoms. The number of benzene rings is 1. The average Bonchev–Trinajstić information content (AvgIpc) is 3.17. The molecular weight excluding hydrogens is 258 g/mol. The van der Waals surface area contributed by atoms with Crippen molar-refractivity contribution in [2.24, 2.45) is 5.73 Å². The normalized spacial score (nSPS) is 17.1. The van der Waals surface area contributed by atoms with E-state index in [1.54, 1.807) is 31.2 Å². The minimum Gasteiger partial charge on any atom is -0.372 e. The molecule has 0 bridgehead atoms. The van der Waals surface area contributed by atoms with E-state index in [2.05, 4.69) is 10.6 Å². The first-order valence-corrected chi connectivity index (χ1v) is 6.49. The molecule has 4 N–H and O–H groups in total. The van der Waals surface area contributed by atoms with Gasteiger partial charge in [-0.1, -0.05) is 6.07 Å². The van der Waals surface area contributed by atoms with Gasteiger partial charge in [-0.3, -0.25) is 9.59 Å². The fourth-order valence-corrected chi connectivity index (χ4v) is 1.64. The second-order valence-electron chi connectivity index (χ2n) is 5.06. The van der Waals surface area contributed by atoms with Gasteiger partial charge >= 0.3 is 0 Å². The van der Waals surface area contributed by atoms with Crippen LogP contribution in [0.2, 0.25) is 0 Å². The highest BCUT2D eigenvalue weighted by Gasteiger charge is 2.45. The van der Waals surface area contributed by atoms with Gasteiger partial charge in [0.2, 0.25) is 5.91 Å². The summed E-state index contributed by atoms with van der Waals surface area (Å²) in [5.41, 5.74) is 6.30. The maximum absolute atomic E-state index is 11.8. The Hall–Kier alpha value is -1.92.